The molecule has 1 heterocycles. The largest absolute Gasteiger partial charge is 0.492 e. The Bertz CT molecular complexity index is 673. The van der Waals surface area contributed by atoms with Gasteiger partial charge in [0.15, 0.2) is 11.5 Å². The number of halogens is 3. The minimum Gasteiger partial charge on any atom is -0.492 e. The average molecular weight is 316 g/mol. The lowest BCUT2D eigenvalue weighted by Crippen LogP contribution is -2.37. The number of ketones is 2. The first kappa shape index (κ1) is 15.8. The van der Waals surface area contributed by atoms with Gasteiger partial charge in [-0.2, -0.15) is 13.2 Å². The molecule has 22 heavy (non-hydrogen) atoms. The lowest BCUT2D eigenvalue weighted by Gasteiger charge is -2.12. The monoisotopic (exact) mass is 316 g/mol. The number of fused-ring (bicyclic) bond motifs is 1. The Morgan fingerprint density at radius 1 is 1.36 bits per heavy atom. The number of carbonyl (C=O) groups is 3. The van der Waals surface area contributed by atoms with Crippen molar-refractivity contribution in [3.63, 3.8) is 0 Å². The van der Waals surface area contributed by atoms with E-state index in [1.807, 2.05) is 0 Å². The molecule has 6 nitrogen and oxygen atoms in total. The average Bonchev–Trinajstić information content (AvgIpc) is 2.86. The second-order valence-corrected chi connectivity index (χ2v) is 4.47. The van der Waals surface area contributed by atoms with Crippen LogP contribution in [0.1, 0.15) is 26.4 Å². The third kappa shape index (κ3) is 2.87. The fraction of sp³-hybridized carbons (Fsp3) is 0.308. The van der Waals surface area contributed by atoms with Gasteiger partial charge in [-0.05, 0) is 12.0 Å². The predicted octanol–water partition coefficient (Wildman–Crippen LogP) is 1.14. The molecule has 0 aromatic carbocycles. The highest BCUT2D eigenvalue weighted by Crippen LogP contribution is 2.24. The van der Waals surface area contributed by atoms with E-state index in [0.29, 0.717) is 5.56 Å². The molecule has 1 aromatic heterocycles. The summed E-state index contributed by atoms with van der Waals surface area (Å²) in [7, 11) is 1.25. The number of rotatable bonds is 4. The third-order valence-corrected chi connectivity index (χ3v) is 3.08. The van der Waals surface area contributed by atoms with Crippen molar-refractivity contribution in [2.75, 3.05) is 13.7 Å². The predicted molar refractivity (Wildman–Crippen MR) is 67.3 cm³/mol. The van der Waals surface area contributed by atoms with Gasteiger partial charge in [-0.25, -0.2) is 0 Å². The van der Waals surface area contributed by atoms with Gasteiger partial charge < -0.3 is 15.0 Å². The maximum atomic E-state index is 12.0. The van der Waals surface area contributed by atoms with Crippen molar-refractivity contribution < 1.29 is 32.3 Å². The first-order valence-corrected chi connectivity index (χ1v) is 6.15. The van der Waals surface area contributed by atoms with Gasteiger partial charge in [0, 0.05) is 18.8 Å². The smallest absolute Gasteiger partial charge is 0.471 e. The molecule has 0 bridgehead atoms. The number of allylic oxidation sites excluding steroid dienone is 2. The van der Waals surface area contributed by atoms with E-state index >= 15 is 0 Å². The van der Waals surface area contributed by atoms with Gasteiger partial charge in [0.05, 0.1) is 12.7 Å². The topological polar surface area (TPSA) is 88.3 Å². The van der Waals surface area contributed by atoms with Crippen molar-refractivity contribution in [2.45, 2.75) is 12.6 Å². The molecular weight excluding hydrogens is 305 g/mol. The van der Waals surface area contributed by atoms with Gasteiger partial charge in [-0.3, -0.25) is 14.4 Å². The number of hydrogen-bond donors (Lipinski definition) is 2. The Hall–Kier alpha value is -2.58. The molecule has 0 radical (unpaired) electrons. The van der Waals surface area contributed by atoms with Crippen LogP contribution in [0.25, 0.3) is 0 Å². The van der Waals surface area contributed by atoms with Gasteiger partial charge in [0.1, 0.15) is 5.69 Å². The minimum atomic E-state index is -4.96. The van der Waals surface area contributed by atoms with E-state index in [-0.39, 0.29) is 30.0 Å². The number of hydrogen-bond acceptors (Lipinski definition) is 4. The van der Waals surface area contributed by atoms with E-state index in [9.17, 15) is 27.6 Å². The lowest BCUT2D eigenvalue weighted by molar-refractivity contribution is -0.173. The summed E-state index contributed by atoms with van der Waals surface area (Å²) >= 11 is 0. The highest BCUT2D eigenvalue weighted by Gasteiger charge is 2.38. The molecular formula is C13H11F3N2O4. The van der Waals surface area contributed by atoms with Crippen LogP contribution in [-0.2, 0) is 16.0 Å². The first-order valence-electron chi connectivity index (χ1n) is 6.15. The molecule has 118 valence electrons. The van der Waals surface area contributed by atoms with Crippen LogP contribution in [0.5, 0.6) is 0 Å². The molecule has 1 aliphatic carbocycles. The molecule has 1 amide bonds. The second-order valence-electron chi connectivity index (χ2n) is 4.47. The quantitative estimate of drug-likeness (QED) is 0.872. The van der Waals surface area contributed by atoms with Crippen molar-refractivity contribution in [1.29, 1.82) is 0 Å². The summed E-state index contributed by atoms with van der Waals surface area (Å²) in [6.45, 7) is -0.315. The fourth-order valence-corrected chi connectivity index (χ4v) is 2.06. The number of amides is 1. The zero-order valence-electron chi connectivity index (χ0n) is 11.3. The van der Waals surface area contributed by atoms with E-state index < -0.39 is 23.6 Å². The number of alkyl halides is 3. The summed E-state index contributed by atoms with van der Waals surface area (Å²) in [6, 6.07) is 0. The summed E-state index contributed by atoms with van der Waals surface area (Å²) in [4.78, 5) is 37.2. The highest BCUT2D eigenvalue weighted by atomic mass is 19.4. The summed E-state index contributed by atoms with van der Waals surface area (Å²) in [5, 5.41) is 1.70. The molecule has 0 unspecified atom stereocenters. The molecule has 0 saturated heterocycles. The molecule has 2 rings (SSSR count). The van der Waals surface area contributed by atoms with Crippen molar-refractivity contribution in [3.05, 3.63) is 34.9 Å². The van der Waals surface area contributed by atoms with Crippen molar-refractivity contribution in [3.8, 4) is 0 Å². The number of Topliss-reactive ketones (excluding diaryl/α,β-unsaturated/α-hetero) is 1. The lowest BCUT2D eigenvalue weighted by atomic mass is 9.96. The van der Waals surface area contributed by atoms with Gasteiger partial charge in [0.25, 0.3) is 0 Å². The zero-order valence-corrected chi connectivity index (χ0v) is 11.3. The SMILES string of the molecule is COC1=CC(=O)c2c(CCNC(=O)C(F)(F)F)c[nH]c2C1=O. The summed E-state index contributed by atoms with van der Waals surface area (Å²) in [6.07, 6.45) is -2.61. The Balaban J connectivity index is 2.11. The van der Waals surface area contributed by atoms with E-state index in [4.69, 9.17) is 4.74 Å². The van der Waals surface area contributed by atoms with Crippen molar-refractivity contribution in [2.24, 2.45) is 0 Å². The van der Waals surface area contributed by atoms with Crippen molar-refractivity contribution >= 4 is 17.5 Å². The summed E-state index contributed by atoms with van der Waals surface area (Å²) in [5.41, 5.74) is 0.468. The van der Waals surface area contributed by atoms with Gasteiger partial charge >= 0.3 is 12.1 Å². The number of aromatic amines is 1. The summed E-state index contributed by atoms with van der Waals surface area (Å²) in [5.74, 6) is -3.16. The van der Waals surface area contributed by atoms with Gasteiger partial charge in [-0.1, -0.05) is 0 Å². The van der Waals surface area contributed by atoms with Crippen LogP contribution in [0.2, 0.25) is 0 Å². The minimum absolute atomic E-state index is 0.0250. The molecule has 9 heteroatoms. The molecule has 2 N–H and O–H groups in total. The van der Waals surface area contributed by atoms with Gasteiger partial charge in [0.2, 0.25) is 5.78 Å². The maximum absolute atomic E-state index is 12.0. The molecule has 0 atom stereocenters. The Morgan fingerprint density at radius 2 is 2.05 bits per heavy atom. The highest BCUT2D eigenvalue weighted by molar-refractivity contribution is 6.23. The van der Waals surface area contributed by atoms with E-state index in [0.717, 1.165) is 6.08 Å². The van der Waals surface area contributed by atoms with Crippen LogP contribution in [0, 0.1) is 0 Å². The molecule has 0 saturated carbocycles. The number of H-pyrrole nitrogens is 1. The zero-order chi connectivity index (χ0) is 16.5. The normalized spacial score (nSPS) is 14.5. The molecule has 1 aliphatic rings. The van der Waals surface area contributed by atoms with E-state index in [1.165, 1.54) is 13.3 Å². The van der Waals surface area contributed by atoms with E-state index in [2.05, 4.69) is 4.98 Å². The Kier molecular flexibility index (Phi) is 4.07. The van der Waals surface area contributed by atoms with Crippen LogP contribution in [0.15, 0.2) is 18.0 Å². The number of aromatic nitrogens is 1. The van der Waals surface area contributed by atoms with Crippen LogP contribution in [-0.4, -0.2) is 42.3 Å². The Morgan fingerprint density at radius 3 is 2.64 bits per heavy atom. The van der Waals surface area contributed by atoms with E-state index in [1.54, 1.807) is 5.32 Å². The first-order chi connectivity index (χ1) is 10.3. The van der Waals surface area contributed by atoms with Crippen LogP contribution < -0.4 is 5.32 Å². The molecule has 0 spiro atoms. The standard InChI is InChI=1S/C13H11F3N2O4/c1-22-8-4-7(19)9-6(5-18-10(9)11(8)20)2-3-17-12(21)13(14,15)16/h4-5,18H,2-3H2,1H3,(H,17,21). The van der Waals surface area contributed by atoms with Crippen LogP contribution in [0.4, 0.5) is 13.2 Å². The molecule has 0 aliphatic heterocycles. The van der Waals surface area contributed by atoms with Crippen LogP contribution in [0.3, 0.4) is 0 Å². The summed E-state index contributed by atoms with van der Waals surface area (Å²) < 4.78 is 40.9. The van der Waals surface area contributed by atoms with Crippen LogP contribution >= 0.6 is 0 Å². The van der Waals surface area contributed by atoms with Crippen molar-refractivity contribution in [1.82, 2.24) is 10.3 Å². The maximum Gasteiger partial charge on any atom is 0.471 e. The number of carbonyl (C=O) groups excluding carboxylic acids is 3. The molecule has 1 aromatic rings. The second kappa shape index (κ2) is 5.66. The number of ether oxygens (including phenoxy) is 1. The molecule has 0 fully saturated rings. The fourth-order valence-electron chi connectivity index (χ4n) is 2.06. The number of methoxy groups -OCH3 is 1. The van der Waals surface area contributed by atoms with Gasteiger partial charge in [-0.15, -0.1) is 0 Å². The number of nitrogens with one attached hydrogen (secondary N) is 2. The third-order valence-electron chi connectivity index (χ3n) is 3.08. The Labute approximate surface area is 122 Å².